The summed E-state index contributed by atoms with van der Waals surface area (Å²) in [6.07, 6.45) is 1.15. The number of nitrogens with zero attached hydrogens (tertiary/aromatic N) is 1. The molecule has 0 saturated heterocycles. The highest BCUT2D eigenvalue weighted by atomic mass is 16.5. The molecule has 3 nitrogen and oxygen atoms in total. The molecule has 0 spiro atoms. The molecule has 0 amide bonds. The number of benzene rings is 1. The van der Waals surface area contributed by atoms with Gasteiger partial charge in [-0.3, -0.25) is 0 Å². The van der Waals surface area contributed by atoms with Gasteiger partial charge < -0.3 is 15.0 Å². The maximum absolute atomic E-state index is 5.35. The lowest BCUT2D eigenvalue weighted by molar-refractivity contribution is 0.300. The van der Waals surface area contributed by atoms with E-state index >= 15 is 0 Å². The number of hydrogen-bond acceptors (Lipinski definition) is 3. The van der Waals surface area contributed by atoms with Gasteiger partial charge in [0.1, 0.15) is 5.75 Å². The van der Waals surface area contributed by atoms with Crippen molar-refractivity contribution in [1.29, 1.82) is 0 Å². The van der Waals surface area contributed by atoms with Crippen molar-refractivity contribution in [3.05, 3.63) is 29.8 Å². The van der Waals surface area contributed by atoms with Crippen LogP contribution in [0.5, 0.6) is 5.75 Å². The van der Waals surface area contributed by atoms with Crippen molar-refractivity contribution in [1.82, 2.24) is 10.2 Å². The third kappa shape index (κ3) is 4.75. The molecule has 1 aromatic carbocycles. The molecule has 1 atom stereocenters. The highest BCUT2D eigenvalue weighted by Gasteiger charge is 2.06. The highest BCUT2D eigenvalue weighted by molar-refractivity contribution is 5.32. The SMILES string of the molecule is CNC(C)CCN(C)Cc1ccccc1OC. The van der Waals surface area contributed by atoms with Crippen molar-refractivity contribution in [3.63, 3.8) is 0 Å². The third-order valence-corrected chi connectivity index (χ3v) is 3.07. The van der Waals surface area contributed by atoms with Crippen LogP contribution in [0.4, 0.5) is 0 Å². The van der Waals surface area contributed by atoms with Gasteiger partial charge in [0.25, 0.3) is 0 Å². The minimum Gasteiger partial charge on any atom is -0.496 e. The number of rotatable bonds is 7. The fraction of sp³-hybridized carbons (Fsp3) is 0.571. The summed E-state index contributed by atoms with van der Waals surface area (Å²) in [5.74, 6) is 0.973. The fourth-order valence-electron chi connectivity index (χ4n) is 1.76. The van der Waals surface area contributed by atoms with Crippen LogP contribution in [0.3, 0.4) is 0 Å². The summed E-state index contributed by atoms with van der Waals surface area (Å²) in [7, 11) is 5.88. The molecular formula is C14H24N2O. The van der Waals surface area contributed by atoms with Gasteiger partial charge in [-0.05, 0) is 40.1 Å². The van der Waals surface area contributed by atoms with E-state index in [4.69, 9.17) is 4.74 Å². The Bertz CT molecular complexity index is 328. The molecule has 0 radical (unpaired) electrons. The molecule has 1 N–H and O–H groups in total. The van der Waals surface area contributed by atoms with Crippen LogP contribution in [-0.4, -0.2) is 38.7 Å². The molecule has 3 heteroatoms. The number of hydrogen-bond donors (Lipinski definition) is 1. The Hall–Kier alpha value is -1.06. The standard InChI is InChI=1S/C14H24N2O/c1-12(15-2)9-10-16(3)11-13-7-5-6-8-14(13)17-4/h5-8,12,15H,9-11H2,1-4H3. The van der Waals surface area contributed by atoms with Crippen LogP contribution in [0.1, 0.15) is 18.9 Å². The van der Waals surface area contributed by atoms with Gasteiger partial charge in [-0.15, -0.1) is 0 Å². The van der Waals surface area contributed by atoms with E-state index in [1.807, 2.05) is 19.2 Å². The normalized spacial score (nSPS) is 12.8. The van der Waals surface area contributed by atoms with Gasteiger partial charge in [0.2, 0.25) is 0 Å². The lowest BCUT2D eigenvalue weighted by atomic mass is 10.1. The minimum atomic E-state index is 0.565. The Morgan fingerprint density at radius 3 is 2.71 bits per heavy atom. The summed E-state index contributed by atoms with van der Waals surface area (Å²) in [5, 5.41) is 3.26. The molecule has 0 bridgehead atoms. The minimum absolute atomic E-state index is 0.565. The second kappa shape index (κ2) is 7.30. The van der Waals surface area contributed by atoms with E-state index in [1.54, 1.807) is 7.11 Å². The van der Waals surface area contributed by atoms with Gasteiger partial charge in [0.05, 0.1) is 7.11 Å². The highest BCUT2D eigenvalue weighted by Crippen LogP contribution is 2.18. The van der Waals surface area contributed by atoms with E-state index in [0.717, 1.165) is 25.3 Å². The van der Waals surface area contributed by atoms with Crippen molar-refractivity contribution in [2.75, 3.05) is 27.7 Å². The largest absolute Gasteiger partial charge is 0.496 e. The van der Waals surface area contributed by atoms with Crippen molar-refractivity contribution in [3.8, 4) is 5.75 Å². The van der Waals surface area contributed by atoms with Gasteiger partial charge in [0.15, 0.2) is 0 Å². The maximum atomic E-state index is 5.35. The van der Waals surface area contributed by atoms with Crippen LogP contribution in [-0.2, 0) is 6.54 Å². The smallest absolute Gasteiger partial charge is 0.123 e. The molecule has 0 saturated carbocycles. The van der Waals surface area contributed by atoms with Gasteiger partial charge in [-0.2, -0.15) is 0 Å². The quantitative estimate of drug-likeness (QED) is 0.785. The lowest BCUT2D eigenvalue weighted by Crippen LogP contribution is -2.28. The van der Waals surface area contributed by atoms with E-state index in [9.17, 15) is 0 Å². The fourth-order valence-corrected chi connectivity index (χ4v) is 1.76. The molecular weight excluding hydrogens is 212 g/mol. The zero-order chi connectivity index (χ0) is 12.7. The average Bonchev–Trinajstić information content (AvgIpc) is 2.36. The first-order valence-electron chi connectivity index (χ1n) is 6.15. The maximum Gasteiger partial charge on any atom is 0.123 e. The molecule has 0 fully saturated rings. The molecule has 1 aromatic rings. The first-order chi connectivity index (χ1) is 8.17. The predicted molar refractivity (Wildman–Crippen MR) is 72.5 cm³/mol. The molecule has 0 aromatic heterocycles. The number of ether oxygens (including phenoxy) is 1. The van der Waals surface area contributed by atoms with Crippen LogP contribution in [0, 0.1) is 0 Å². The summed E-state index contributed by atoms with van der Waals surface area (Å²) < 4.78 is 5.35. The number of nitrogens with one attached hydrogen (secondary N) is 1. The monoisotopic (exact) mass is 236 g/mol. The van der Waals surface area contributed by atoms with E-state index in [-0.39, 0.29) is 0 Å². The third-order valence-electron chi connectivity index (χ3n) is 3.07. The van der Waals surface area contributed by atoms with Crippen LogP contribution < -0.4 is 10.1 Å². The average molecular weight is 236 g/mol. The second-order valence-electron chi connectivity index (χ2n) is 4.53. The van der Waals surface area contributed by atoms with Gasteiger partial charge in [0, 0.05) is 18.2 Å². The summed E-state index contributed by atoms with van der Waals surface area (Å²) in [4.78, 5) is 2.33. The van der Waals surface area contributed by atoms with Crippen LogP contribution in [0.2, 0.25) is 0 Å². The van der Waals surface area contributed by atoms with Crippen LogP contribution in [0.15, 0.2) is 24.3 Å². The Balaban J connectivity index is 2.47. The van der Waals surface area contributed by atoms with Gasteiger partial charge >= 0.3 is 0 Å². The summed E-state index contributed by atoms with van der Waals surface area (Å²) in [5.41, 5.74) is 1.25. The van der Waals surface area contributed by atoms with Crippen molar-refractivity contribution in [2.45, 2.75) is 25.9 Å². The molecule has 0 heterocycles. The molecule has 0 aliphatic heterocycles. The van der Waals surface area contributed by atoms with Crippen molar-refractivity contribution >= 4 is 0 Å². The van der Waals surface area contributed by atoms with Gasteiger partial charge in [-0.1, -0.05) is 18.2 Å². The molecule has 0 aliphatic rings. The molecule has 1 rings (SSSR count). The second-order valence-corrected chi connectivity index (χ2v) is 4.53. The topological polar surface area (TPSA) is 24.5 Å². The van der Waals surface area contributed by atoms with Gasteiger partial charge in [-0.25, -0.2) is 0 Å². The van der Waals surface area contributed by atoms with E-state index in [1.165, 1.54) is 5.56 Å². The van der Waals surface area contributed by atoms with Crippen molar-refractivity contribution < 1.29 is 4.74 Å². The first-order valence-corrected chi connectivity index (χ1v) is 6.15. The molecule has 96 valence electrons. The number of methoxy groups -OCH3 is 1. The summed E-state index contributed by atoms with van der Waals surface area (Å²) >= 11 is 0. The Kier molecular flexibility index (Phi) is 6.01. The Labute approximate surface area is 105 Å². The van der Waals surface area contributed by atoms with Crippen molar-refractivity contribution in [2.24, 2.45) is 0 Å². The Morgan fingerprint density at radius 1 is 1.35 bits per heavy atom. The first kappa shape index (κ1) is 14.0. The lowest BCUT2D eigenvalue weighted by Gasteiger charge is -2.20. The number of para-hydroxylation sites is 1. The summed E-state index contributed by atoms with van der Waals surface area (Å²) in [6.45, 7) is 4.22. The molecule has 1 unspecified atom stereocenters. The van der Waals surface area contributed by atoms with Crippen LogP contribution >= 0.6 is 0 Å². The van der Waals surface area contributed by atoms with Crippen LogP contribution in [0.25, 0.3) is 0 Å². The van der Waals surface area contributed by atoms with E-state index < -0.39 is 0 Å². The predicted octanol–water partition coefficient (Wildman–Crippen LogP) is 2.12. The summed E-state index contributed by atoms with van der Waals surface area (Å²) in [6, 6.07) is 8.76. The Morgan fingerprint density at radius 2 is 2.06 bits per heavy atom. The zero-order valence-corrected chi connectivity index (χ0v) is 11.4. The molecule has 17 heavy (non-hydrogen) atoms. The van der Waals surface area contributed by atoms with E-state index in [2.05, 4.69) is 36.3 Å². The molecule has 0 aliphatic carbocycles. The van der Waals surface area contributed by atoms with E-state index in [0.29, 0.717) is 6.04 Å². The zero-order valence-electron chi connectivity index (χ0n) is 11.4.